The number of benzene rings is 1. The third kappa shape index (κ3) is 6.40. The quantitative estimate of drug-likeness (QED) is 0.342. The Bertz CT molecular complexity index is 1530. The van der Waals surface area contributed by atoms with Crippen LogP contribution < -0.4 is 19.7 Å². The van der Waals surface area contributed by atoms with Crippen molar-refractivity contribution in [3.05, 3.63) is 66.9 Å². The molecule has 3 aromatic rings. The number of aryl methyl sites for hydroxylation is 1. The van der Waals surface area contributed by atoms with Crippen molar-refractivity contribution in [1.82, 2.24) is 34.0 Å². The molecule has 2 atom stereocenters. The number of imidazole rings is 1. The second-order valence-electron chi connectivity index (χ2n) is 10.4. The number of amides is 1. The van der Waals surface area contributed by atoms with Crippen molar-refractivity contribution < 1.29 is 22.7 Å². The van der Waals surface area contributed by atoms with Gasteiger partial charge in [-0.1, -0.05) is 12.1 Å². The lowest BCUT2D eigenvalue weighted by atomic mass is 10.1. The molecule has 224 valence electrons. The van der Waals surface area contributed by atoms with Gasteiger partial charge in [-0.25, -0.2) is 18.4 Å². The summed E-state index contributed by atoms with van der Waals surface area (Å²) in [6.45, 7) is 7.57. The van der Waals surface area contributed by atoms with Crippen molar-refractivity contribution >= 4 is 21.7 Å². The molecule has 0 aliphatic carbocycles. The predicted molar refractivity (Wildman–Crippen MR) is 157 cm³/mol. The summed E-state index contributed by atoms with van der Waals surface area (Å²) in [5.41, 5.74) is 1.61. The molecular weight excluding hydrogens is 560 g/mol. The van der Waals surface area contributed by atoms with Crippen molar-refractivity contribution in [3.8, 4) is 17.4 Å². The van der Waals surface area contributed by atoms with E-state index in [0.717, 1.165) is 11.3 Å². The molecule has 2 aliphatic heterocycles. The minimum absolute atomic E-state index is 0.0563. The summed E-state index contributed by atoms with van der Waals surface area (Å²) in [5.74, 6) is 2.17. The van der Waals surface area contributed by atoms with Gasteiger partial charge >= 0.3 is 0 Å². The summed E-state index contributed by atoms with van der Waals surface area (Å²) in [6.07, 6.45) is 6.48. The molecule has 0 saturated carbocycles. The number of sulfonamides is 1. The van der Waals surface area contributed by atoms with Crippen LogP contribution in [-0.2, 0) is 21.4 Å². The minimum atomic E-state index is -3.75. The van der Waals surface area contributed by atoms with Crippen molar-refractivity contribution in [3.63, 3.8) is 0 Å². The van der Waals surface area contributed by atoms with Gasteiger partial charge in [0.1, 0.15) is 30.7 Å². The second kappa shape index (κ2) is 12.5. The maximum atomic E-state index is 13.6. The first kappa shape index (κ1) is 29.5. The van der Waals surface area contributed by atoms with Crippen molar-refractivity contribution in [2.45, 2.75) is 31.3 Å². The van der Waals surface area contributed by atoms with Crippen molar-refractivity contribution in [2.75, 3.05) is 51.8 Å². The molecule has 2 aliphatic rings. The Labute approximate surface area is 245 Å². The van der Waals surface area contributed by atoms with Gasteiger partial charge in [0, 0.05) is 56.8 Å². The number of ether oxygens (including phenoxy) is 2. The van der Waals surface area contributed by atoms with E-state index >= 15 is 0 Å². The number of aromatic nitrogens is 4. The molecule has 1 amide bonds. The van der Waals surface area contributed by atoms with Gasteiger partial charge in [-0.15, -0.1) is 6.58 Å². The third-order valence-electron chi connectivity index (χ3n) is 7.20. The van der Waals surface area contributed by atoms with Crippen LogP contribution in [-0.4, -0.2) is 101 Å². The monoisotopic (exact) mass is 596 g/mol. The van der Waals surface area contributed by atoms with E-state index in [1.807, 2.05) is 36.1 Å². The molecule has 0 bridgehead atoms. The van der Waals surface area contributed by atoms with Gasteiger partial charge in [-0.2, -0.15) is 9.29 Å². The number of carbonyl (C=O) groups excluding carboxylic acids is 1. The Morgan fingerprint density at radius 1 is 1.19 bits per heavy atom. The number of likely N-dealkylation sites (N-methyl/N-ethyl adjacent to an activating group) is 1. The Morgan fingerprint density at radius 2 is 1.98 bits per heavy atom. The fourth-order valence-electron chi connectivity index (χ4n) is 5.15. The molecule has 5 rings (SSSR count). The number of nitrogens with one attached hydrogen (secondary N) is 1. The molecule has 2 unspecified atom stereocenters. The summed E-state index contributed by atoms with van der Waals surface area (Å²) >= 11 is 0. The zero-order valence-electron chi connectivity index (χ0n) is 24.0. The second-order valence-corrected chi connectivity index (χ2v) is 12.5. The van der Waals surface area contributed by atoms with Gasteiger partial charge in [-0.3, -0.25) is 14.3 Å². The van der Waals surface area contributed by atoms with Gasteiger partial charge in [0.25, 0.3) is 0 Å². The summed E-state index contributed by atoms with van der Waals surface area (Å²) in [5, 5.41) is 2.09. The van der Waals surface area contributed by atoms with Crippen molar-refractivity contribution in [2.24, 2.45) is 0 Å². The van der Waals surface area contributed by atoms with Crippen molar-refractivity contribution in [1.29, 1.82) is 0 Å². The van der Waals surface area contributed by atoms with E-state index in [1.54, 1.807) is 42.3 Å². The van der Waals surface area contributed by atoms with E-state index in [9.17, 15) is 13.2 Å². The number of piperazine rings is 1. The molecule has 1 saturated heterocycles. The van der Waals surface area contributed by atoms with E-state index in [4.69, 9.17) is 14.5 Å². The predicted octanol–water partition coefficient (Wildman–Crippen LogP) is 1.34. The zero-order valence-corrected chi connectivity index (χ0v) is 24.8. The van der Waals surface area contributed by atoms with E-state index in [2.05, 4.69) is 21.9 Å². The average molecular weight is 597 g/mol. The first-order chi connectivity index (χ1) is 20.2. The molecule has 1 fully saturated rings. The van der Waals surface area contributed by atoms with Crippen LogP contribution in [0.1, 0.15) is 17.7 Å². The summed E-state index contributed by atoms with van der Waals surface area (Å²) in [6, 6.07) is 6.93. The normalized spacial score (nSPS) is 18.1. The van der Waals surface area contributed by atoms with Gasteiger partial charge in [0.15, 0.2) is 11.5 Å². The Morgan fingerprint density at radius 3 is 2.69 bits per heavy atom. The standard InChI is InChI=1S/C28H36N8O5S/c1-5-27(33(3)4)42(38,39)35-10-11-36(25-14-20(2)31-28(32-25)34-9-8-29-19-34)22(18-35)16-26(37)30-17-21-6-7-23-24(15-21)41-13-12-40-23/h5-9,14-15,19,22,27H,1,10-13,16-18H2,2-4H3,(H,30,37). The smallest absolute Gasteiger partial charge is 0.237 e. The number of nitrogens with zero attached hydrogens (tertiary/aromatic N) is 7. The molecular formula is C28H36N8O5S. The van der Waals surface area contributed by atoms with Crippen LogP contribution in [0.2, 0.25) is 0 Å². The SMILES string of the molecule is C=CC(N(C)C)S(=O)(=O)N1CCN(c2cc(C)nc(-n3ccnc3)n2)C(CC(=O)NCc2ccc3c(c2)OCCO3)C1. The van der Waals surface area contributed by atoms with E-state index in [-0.39, 0.29) is 25.4 Å². The molecule has 0 spiro atoms. The van der Waals surface area contributed by atoms with Gasteiger partial charge in [0.05, 0.1) is 6.04 Å². The fourth-order valence-corrected chi connectivity index (χ4v) is 6.94. The summed E-state index contributed by atoms with van der Waals surface area (Å²) < 4.78 is 41.5. The highest BCUT2D eigenvalue weighted by Gasteiger charge is 2.39. The lowest BCUT2D eigenvalue weighted by Gasteiger charge is -2.42. The number of fused-ring (bicyclic) bond motifs is 1. The lowest BCUT2D eigenvalue weighted by Crippen LogP contribution is -2.58. The lowest BCUT2D eigenvalue weighted by molar-refractivity contribution is -0.121. The van der Waals surface area contributed by atoms with Crippen LogP contribution in [0.4, 0.5) is 5.82 Å². The van der Waals surface area contributed by atoms with Crippen LogP contribution in [0.25, 0.3) is 5.95 Å². The van der Waals surface area contributed by atoms with Crippen LogP contribution in [0, 0.1) is 6.92 Å². The van der Waals surface area contributed by atoms with Crippen LogP contribution in [0.5, 0.6) is 11.5 Å². The Kier molecular flexibility index (Phi) is 8.75. The number of carbonyl (C=O) groups is 1. The number of hydrogen-bond donors (Lipinski definition) is 1. The molecule has 13 nitrogen and oxygen atoms in total. The minimum Gasteiger partial charge on any atom is -0.486 e. The largest absolute Gasteiger partial charge is 0.486 e. The maximum absolute atomic E-state index is 13.6. The van der Waals surface area contributed by atoms with E-state index in [0.29, 0.717) is 49.6 Å². The number of anilines is 1. The molecule has 0 radical (unpaired) electrons. The first-order valence-corrected chi connectivity index (χ1v) is 15.2. The summed E-state index contributed by atoms with van der Waals surface area (Å²) in [7, 11) is -0.354. The molecule has 42 heavy (non-hydrogen) atoms. The van der Waals surface area contributed by atoms with Gasteiger partial charge in [0.2, 0.25) is 21.9 Å². The zero-order chi connectivity index (χ0) is 29.9. The first-order valence-electron chi connectivity index (χ1n) is 13.7. The molecule has 1 N–H and O–H groups in total. The highest BCUT2D eigenvalue weighted by atomic mass is 32.2. The highest BCUT2D eigenvalue weighted by molar-refractivity contribution is 7.89. The maximum Gasteiger partial charge on any atom is 0.237 e. The highest BCUT2D eigenvalue weighted by Crippen LogP contribution is 2.31. The van der Waals surface area contributed by atoms with Gasteiger partial charge in [-0.05, 0) is 38.7 Å². The van der Waals surface area contributed by atoms with Crippen LogP contribution in [0.3, 0.4) is 0 Å². The average Bonchev–Trinajstić information content (AvgIpc) is 3.51. The van der Waals surface area contributed by atoms with Crippen LogP contribution >= 0.6 is 0 Å². The molecule has 1 aromatic carbocycles. The van der Waals surface area contributed by atoms with Crippen LogP contribution in [0.15, 0.2) is 55.6 Å². The fraction of sp³-hybridized carbons (Fsp3) is 0.429. The number of rotatable bonds is 10. The molecule has 14 heteroatoms. The van der Waals surface area contributed by atoms with Gasteiger partial charge < -0.3 is 19.7 Å². The molecule has 4 heterocycles. The molecule has 2 aromatic heterocycles. The van der Waals surface area contributed by atoms with E-state index in [1.165, 1.54) is 10.4 Å². The Balaban J connectivity index is 1.37. The summed E-state index contributed by atoms with van der Waals surface area (Å²) in [4.78, 5) is 30.2. The number of hydrogen-bond acceptors (Lipinski definition) is 10. The Hall–Kier alpha value is -4.01. The van der Waals surface area contributed by atoms with E-state index < -0.39 is 21.4 Å². The topological polar surface area (TPSA) is 135 Å². The third-order valence-corrected chi connectivity index (χ3v) is 9.47.